The average Bonchev–Trinajstić information content (AvgIpc) is 2.79. The van der Waals surface area contributed by atoms with Crippen LogP contribution in [0.4, 0.5) is 10.1 Å². The molecule has 4 heteroatoms. The van der Waals surface area contributed by atoms with Crippen molar-refractivity contribution in [2.75, 3.05) is 5.32 Å². The lowest BCUT2D eigenvalue weighted by molar-refractivity contribution is 0.540. The van der Waals surface area contributed by atoms with E-state index < -0.39 is 0 Å². The van der Waals surface area contributed by atoms with Crippen molar-refractivity contribution < 1.29 is 8.81 Å². The summed E-state index contributed by atoms with van der Waals surface area (Å²) in [7, 11) is 0. The summed E-state index contributed by atoms with van der Waals surface area (Å²) >= 11 is 0. The predicted molar refractivity (Wildman–Crippen MR) is 67.7 cm³/mol. The minimum absolute atomic E-state index is 0.307. The lowest BCUT2D eigenvalue weighted by Gasteiger charge is -2.01. The van der Waals surface area contributed by atoms with Gasteiger partial charge >= 0.3 is 0 Å². The van der Waals surface area contributed by atoms with E-state index >= 15 is 0 Å². The van der Waals surface area contributed by atoms with Crippen LogP contribution in [0, 0.1) is 5.82 Å². The monoisotopic (exact) mass is 242 g/mol. The highest BCUT2D eigenvalue weighted by molar-refractivity contribution is 5.72. The van der Waals surface area contributed by atoms with Gasteiger partial charge in [0.25, 0.3) is 0 Å². The standard InChI is InChI=1S/C14H11FN2O/c15-10-6-7-13-12(8-10)17-14(18-13)9-16-11-4-2-1-3-5-11/h1-8,16H,9H2. The molecule has 18 heavy (non-hydrogen) atoms. The molecular formula is C14H11FN2O. The number of anilines is 1. The molecule has 1 heterocycles. The van der Waals surface area contributed by atoms with Gasteiger partial charge in [-0.15, -0.1) is 0 Å². The number of hydrogen-bond donors (Lipinski definition) is 1. The van der Waals surface area contributed by atoms with Crippen molar-refractivity contribution in [3.8, 4) is 0 Å². The second-order valence-electron chi connectivity index (χ2n) is 3.94. The van der Waals surface area contributed by atoms with Gasteiger partial charge in [-0.25, -0.2) is 9.37 Å². The van der Waals surface area contributed by atoms with Crippen LogP contribution in [0.5, 0.6) is 0 Å². The van der Waals surface area contributed by atoms with Crippen LogP contribution in [0.3, 0.4) is 0 Å². The van der Waals surface area contributed by atoms with Crippen LogP contribution in [-0.4, -0.2) is 4.98 Å². The van der Waals surface area contributed by atoms with E-state index in [1.807, 2.05) is 30.3 Å². The smallest absolute Gasteiger partial charge is 0.214 e. The fourth-order valence-corrected chi connectivity index (χ4v) is 1.76. The quantitative estimate of drug-likeness (QED) is 0.762. The summed E-state index contributed by atoms with van der Waals surface area (Å²) in [5.74, 6) is 0.234. The van der Waals surface area contributed by atoms with Gasteiger partial charge in [-0.05, 0) is 24.3 Å². The molecule has 0 aliphatic heterocycles. The molecule has 0 fully saturated rings. The van der Waals surface area contributed by atoms with E-state index in [2.05, 4.69) is 10.3 Å². The van der Waals surface area contributed by atoms with Crippen LogP contribution < -0.4 is 5.32 Å². The fourth-order valence-electron chi connectivity index (χ4n) is 1.76. The SMILES string of the molecule is Fc1ccc2oc(CNc3ccccc3)nc2c1. The molecule has 3 rings (SSSR count). The molecule has 0 amide bonds. The van der Waals surface area contributed by atoms with Gasteiger partial charge in [0.15, 0.2) is 5.58 Å². The van der Waals surface area contributed by atoms with Crippen molar-refractivity contribution in [2.24, 2.45) is 0 Å². The van der Waals surface area contributed by atoms with Gasteiger partial charge in [-0.3, -0.25) is 0 Å². The molecule has 0 spiro atoms. The Hall–Kier alpha value is -2.36. The third-order valence-electron chi connectivity index (χ3n) is 2.61. The van der Waals surface area contributed by atoms with E-state index in [-0.39, 0.29) is 5.82 Å². The Morgan fingerprint density at radius 2 is 1.94 bits per heavy atom. The predicted octanol–water partition coefficient (Wildman–Crippen LogP) is 3.58. The highest BCUT2D eigenvalue weighted by atomic mass is 19.1. The lowest BCUT2D eigenvalue weighted by Crippen LogP contribution is -1.98. The number of aromatic nitrogens is 1. The van der Waals surface area contributed by atoms with Gasteiger partial charge in [-0.2, -0.15) is 0 Å². The molecule has 0 saturated carbocycles. The second kappa shape index (κ2) is 4.49. The van der Waals surface area contributed by atoms with Crippen LogP contribution in [-0.2, 0) is 6.54 Å². The van der Waals surface area contributed by atoms with Crippen LogP contribution in [0.2, 0.25) is 0 Å². The van der Waals surface area contributed by atoms with Crippen LogP contribution in [0.15, 0.2) is 52.9 Å². The Morgan fingerprint density at radius 3 is 2.78 bits per heavy atom. The Kier molecular flexibility index (Phi) is 2.68. The van der Waals surface area contributed by atoms with Crippen LogP contribution in [0.1, 0.15) is 5.89 Å². The van der Waals surface area contributed by atoms with Crippen molar-refractivity contribution in [3.63, 3.8) is 0 Å². The highest BCUT2D eigenvalue weighted by Gasteiger charge is 2.06. The zero-order valence-electron chi connectivity index (χ0n) is 9.56. The maximum atomic E-state index is 13.0. The van der Waals surface area contributed by atoms with Crippen molar-refractivity contribution in [1.82, 2.24) is 4.98 Å². The summed E-state index contributed by atoms with van der Waals surface area (Å²) in [6.07, 6.45) is 0. The summed E-state index contributed by atoms with van der Waals surface area (Å²) in [6, 6.07) is 14.1. The van der Waals surface area contributed by atoms with E-state index in [1.54, 1.807) is 6.07 Å². The summed E-state index contributed by atoms with van der Waals surface area (Å²) in [5, 5.41) is 3.19. The number of nitrogens with one attached hydrogen (secondary N) is 1. The molecule has 3 aromatic rings. The summed E-state index contributed by atoms with van der Waals surface area (Å²) < 4.78 is 18.5. The molecule has 0 bridgehead atoms. The topological polar surface area (TPSA) is 38.1 Å². The molecule has 0 aliphatic carbocycles. The summed E-state index contributed by atoms with van der Waals surface area (Å²) in [6.45, 7) is 0.473. The molecular weight excluding hydrogens is 231 g/mol. The number of benzene rings is 2. The maximum Gasteiger partial charge on any atom is 0.214 e. The Labute approximate surface area is 103 Å². The number of oxazole rings is 1. The maximum absolute atomic E-state index is 13.0. The second-order valence-corrected chi connectivity index (χ2v) is 3.94. The van der Waals surface area contributed by atoms with Crippen molar-refractivity contribution in [1.29, 1.82) is 0 Å². The third-order valence-corrected chi connectivity index (χ3v) is 2.61. The van der Waals surface area contributed by atoms with E-state index in [0.29, 0.717) is 23.5 Å². The zero-order valence-corrected chi connectivity index (χ0v) is 9.56. The van der Waals surface area contributed by atoms with Gasteiger partial charge < -0.3 is 9.73 Å². The molecule has 90 valence electrons. The Morgan fingerprint density at radius 1 is 1.11 bits per heavy atom. The third kappa shape index (κ3) is 2.18. The van der Waals surface area contributed by atoms with Crippen LogP contribution >= 0.6 is 0 Å². The van der Waals surface area contributed by atoms with Crippen molar-refractivity contribution in [2.45, 2.75) is 6.54 Å². The summed E-state index contributed by atoms with van der Waals surface area (Å²) in [5.41, 5.74) is 2.13. The average molecular weight is 242 g/mol. The Bertz CT molecular complexity index is 664. The van der Waals surface area contributed by atoms with E-state index in [4.69, 9.17) is 4.42 Å². The minimum Gasteiger partial charge on any atom is -0.439 e. The molecule has 0 radical (unpaired) electrons. The molecule has 2 aromatic carbocycles. The molecule has 0 aliphatic rings. The first kappa shape index (κ1) is 10.8. The molecule has 1 aromatic heterocycles. The van der Waals surface area contributed by atoms with E-state index in [9.17, 15) is 4.39 Å². The first-order valence-corrected chi connectivity index (χ1v) is 5.65. The van der Waals surface area contributed by atoms with E-state index in [1.165, 1.54) is 12.1 Å². The number of rotatable bonds is 3. The molecule has 0 unspecified atom stereocenters. The van der Waals surface area contributed by atoms with Gasteiger partial charge in [0.2, 0.25) is 5.89 Å². The molecule has 3 nitrogen and oxygen atoms in total. The van der Waals surface area contributed by atoms with Crippen molar-refractivity contribution >= 4 is 16.8 Å². The first-order valence-electron chi connectivity index (χ1n) is 5.65. The number of halogens is 1. The highest BCUT2D eigenvalue weighted by Crippen LogP contribution is 2.17. The Balaban J connectivity index is 1.79. The lowest BCUT2D eigenvalue weighted by atomic mass is 10.3. The zero-order chi connectivity index (χ0) is 12.4. The normalized spacial score (nSPS) is 10.7. The van der Waals surface area contributed by atoms with Gasteiger partial charge in [0.1, 0.15) is 11.3 Å². The van der Waals surface area contributed by atoms with Crippen LogP contribution in [0.25, 0.3) is 11.1 Å². The molecule has 0 atom stereocenters. The van der Waals surface area contributed by atoms with Crippen molar-refractivity contribution in [3.05, 3.63) is 60.2 Å². The minimum atomic E-state index is -0.307. The van der Waals surface area contributed by atoms with Gasteiger partial charge in [-0.1, -0.05) is 18.2 Å². The number of hydrogen-bond acceptors (Lipinski definition) is 3. The van der Waals surface area contributed by atoms with Gasteiger partial charge in [0.05, 0.1) is 6.54 Å². The van der Waals surface area contributed by atoms with E-state index in [0.717, 1.165) is 5.69 Å². The number of fused-ring (bicyclic) bond motifs is 1. The number of nitrogens with zero attached hydrogens (tertiary/aromatic N) is 1. The fraction of sp³-hybridized carbons (Fsp3) is 0.0714. The van der Waals surface area contributed by atoms with Gasteiger partial charge in [0, 0.05) is 11.8 Å². The summed E-state index contributed by atoms with van der Waals surface area (Å²) in [4.78, 5) is 4.22. The largest absolute Gasteiger partial charge is 0.439 e. The number of para-hydroxylation sites is 1. The first-order chi connectivity index (χ1) is 8.81. The molecule has 1 N–H and O–H groups in total. The molecule has 0 saturated heterocycles.